The Morgan fingerprint density at radius 3 is 2.44 bits per heavy atom. The second kappa shape index (κ2) is 6.95. The van der Waals surface area contributed by atoms with Crippen LogP contribution >= 0.6 is 0 Å². The van der Waals surface area contributed by atoms with Crippen LogP contribution in [0.3, 0.4) is 0 Å². The highest BCUT2D eigenvalue weighted by molar-refractivity contribution is 5.42. The van der Waals surface area contributed by atoms with E-state index in [4.69, 9.17) is 5.84 Å². The lowest BCUT2D eigenvalue weighted by atomic mass is 10.1. The van der Waals surface area contributed by atoms with Crippen molar-refractivity contribution in [2.45, 2.75) is 39.2 Å². The fourth-order valence-electron chi connectivity index (χ4n) is 1.50. The number of hydrogen-bond donors (Lipinski definition) is 3. The van der Waals surface area contributed by atoms with E-state index in [-0.39, 0.29) is 0 Å². The first-order valence-electron chi connectivity index (χ1n) is 6.23. The van der Waals surface area contributed by atoms with Gasteiger partial charge in [-0.05, 0) is 13.3 Å². The molecule has 1 unspecified atom stereocenters. The Labute approximate surface area is 108 Å². The summed E-state index contributed by atoms with van der Waals surface area (Å²) in [5.41, 5.74) is 2.45. The van der Waals surface area contributed by atoms with Crippen LogP contribution in [0.1, 0.15) is 33.1 Å². The van der Waals surface area contributed by atoms with E-state index in [0.717, 1.165) is 6.42 Å². The molecule has 4 N–H and O–H groups in total. The molecule has 1 heterocycles. The van der Waals surface area contributed by atoms with Gasteiger partial charge in [-0.15, -0.1) is 0 Å². The Balaban J connectivity index is 2.77. The maximum absolute atomic E-state index is 5.35. The van der Waals surface area contributed by atoms with Gasteiger partial charge in [0, 0.05) is 20.1 Å². The fourth-order valence-corrected chi connectivity index (χ4v) is 1.50. The minimum atomic E-state index is 0.327. The van der Waals surface area contributed by atoms with Crippen molar-refractivity contribution >= 4 is 17.8 Å². The molecule has 0 fully saturated rings. The van der Waals surface area contributed by atoms with E-state index in [2.05, 4.69) is 39.5 Å². The van der Waals surface area contributed by atoms with Crippen LogP contribution in [0.2, 0.25) is 0 Å². The third-order valence-electron chi connectivity index (χ3n) is 2.52. The molecule has 0 radical (unpaired) electrons. The molecule has 1 rings (SSSR count). The normalized spacial score (nSPS) is 12.1. The van der Waals surface area contributed by atoms with Crippen molar-refractivity contribution in [2.75, 3.05) is 29.7 Å². The van der Waals surface area contributed by atoms with Gasteiger partial charge in [0.25, 0.3) is 0 Å². The Morgan fingerprint density at radius 2 is 1.89 bits per heavy atom. The number of hydrogen-bond acceptors (Lipinski definition) is 7. The highest BCUT2D eigenvalue weighted by Gasteiger charge is 2.09. The molecule has 0 saturated carbocycles. The highest BCUT2D eigenvalue weighted by atomic mass is 15.4. The van der Waals surface area contributed by atoms with Crippen molar-refractivity contribution in [3.8, 4) is 0 Å². The highest BCUT2D eigenvalue weighted by Crippen LogP contribution is 2.12. The average Bonchev–Trinajstić information content (AvgIpc) is 2.35. The number of unbranched alkanes of at least 4 members (excludes halogenated alkanes) is 1. The molecule has 7 heteroatoms. The van der Waals surface area contributed by atoms with E-state index < -0.39 is 0 Å². The van der Waals surface area contributed by atoms with Crippen LogP contribution in [0.4, 0.5) is 17.8 Å². The number of nitrogen functional groups attached to an aromatic ring is 1. The van der Waals surface area contributed by atoms with Gasteiger partial charge in [-0.25, -0.2) is 5.84 Å². The molecule has 1 aromatic rings. The summed E-state index contributed by atoms with van der Waals surface area (Å²) in [5, 5.41) is 3.26. The van der Waals surface area contributed by atoms with Crippen molar-refractivity contribution < 1.29 is 0 Å². The smallest absolute Gasteiger partial charge is 0.243 e. The minimum Gasteiger partial charge on any atom is -0.352 e. The maximum atomic E-state index is 5.35. The number of rotatable bonds is 7. The number of nitrogens with zero attached hydrogens (tertiary/aromatic N) is 4. The molecule has 0 bridgehead atoms. The molecule has 102 valence electrons. The largest absolute Gasteiger partial charge is 0.352 e. The summed E-state index contributed by atoms with van der Waals surface area (Å²) in [4.78, 5) is 14.5. The van der Waals surface area contributed by atoms with Gasteiger partial charge in [-0.2, -0.15) is 15.0 Å². The van der Waals surface area contributed by atoms with E-state index in [9.17, 15) is 0 Å². The summed E-state index contributed by atoms with van der Waals surface area (Å²) < 4.78 is 0. The van der Waals surface area contributed by atoms with Gasteiger partial charge in [-0.1, -0.05) is 19.8 Å². The molecule has 0 amide bonds. The molecule has 1 atom stereocenters. The maximum Gasteiger partial charge on any atom is 0.243 e. The van der Waals surface area contributed by atoms with E-state index in [0.29, 0.717) is 23.9 Å². The van der Waals surface area contributed by atoms with Crippen LogP contribution < -0.4 is 21.5 Å². The Hall–Kier alpha value is -1.63. The first-order chi connectivity index (χ1) is 8.56. The molecule has 0 spiro atoms. The first-order valence-corrected chi connectivity index (χ1v) is 6.23. The Morgan fingerprint density at radius 1 is 1.22 bits per heavy atom. The van der Waals surface area contributed by atoms with Crippen molar-refractivity contribution in [2.24, 2.45) is 5.84 Å². The molecular weight excluding hydrogens is 230 g/mol. The summed E-state index contributed by atoms with van der Waals surface area (Å²) in [5.74, 6) is 6.83. The Kier molecular flexibility index (Phi) is 5.57. The van der Waals surface area contributed by atoms with Gasteiger partial charge >= 0.3 is 0 Å². The minimum absolute atomic E-state index is 0.327. The monoisotopic (exact) mass is 253 g/mol. The van der Waals surface area contributed by atoms with E-state index in [1.165, 1.54) is 12.8 Å². The van der Waals surface area contributed by atoms with Crippen molar-refractivity contribution in [3.05, 3.63) is 0 Å². The second-order valence-corrected chi connectivity index (χ2v) is 4.51. The topological polar surface area (TPSA) is 92.0 Å². The molecule has 0 aliphatic carbocycles. The molecule has 1 aromatic heterocycles. The van der Waals surface area contributed by atoms with E-state index in [1.54, 1.807) is 0 Å². The second-order valence-electron chi connectivity index (χ2n) is 4.51. The number of anilines is 3. The predicted octanol–water partition coefficient (Wildman–Crippen LogP) is 1.21. The number of nitrogens with one attached hydrogen (secondary N) is 2. The van der Waals surface area contributed by atoms with Gasteiger partial charge in [0.05, 0.1) is 0 Å². The molecule has 7 nitrogen and oxygen atoms in total. The van der Waals surface area contributed by atoms with Crippen molar-refractivity contribution in [1.29, 1.82) is 0 Å². The third-order valence-corrected chi connectivity index (χ3v) is 2.52. The van der Waals surface area contributed by atoms with Crippen LogP contribution in [-0.2, 0) is 0 Å². The first kappa shape index (κ1) is 14.4. The lowest BCUT2D eigenvalue weighted by Gasteiger charge is -2.16. The molecule has 0 aliphatic rings. The van der Waals surface area contributed by atoms with Gasteiger partial charge in [-0.3, -0.25) is 5.43 Å². The SMILES string of the molecule is CCCCC(C)Nc1nc(NN)nc(N(C)C)n1. The summed E-state index contributed by atoms with van der Waals surface area (Å²) in [7, 11) is 3.75. The van der Waals surface area contributed by atoms with E-state index in [1.807, 2.05) is 19.0 Å². The van der Waals surface area contributed by atoms with Gasteiger partial charge in [0.1, 0.15) is 0 Å². The molecule has 0 aliphatic heterocycles. The van der Waals surface area contributed by atoms with Crippen molar-refractivity contribution in [3.63, 3.8) is 0 Å². The number of hydrazine groups is 1. The van der Waals surface area contributed by atoms with Crippen LogP contribution in [0.25, 0.3) is 0 Å². The zero-order valence-electron chi connectivity index (χ0n) is 11.6. The molecule has 0 aromatic carbocycles. The van der Waals surface area contributed by atoms with Crippen LogP contribution in [-0.4, -0.2) is 35.1 Å². The average molecular weight is 253 g/mol. The van der Waals surface area contributed by atoms with Gasteiger partial charge < -0.3 is 10.2 Å². The summed E-state index contributed by atoms with van der Waals surface area (Å²) >= 11 is 0. The lowest BCUT2D eigenvalue weighted by molar-refractivity contribution is 0.640. The number of nitrogens with two attached hydrogens (primary N) is 1. The van der Waals surface area contributed by atoms with Crippen molar-refractivity contribution in [1.82, 2.24) is 15.0 Å². The quantitative estimate of drug-likeness (QED) is 0.497. The fraction of sp³-hybridized carbons (Fsp3) is 0.727. The van der Waals surface area contributed by atoms with Crippen LogP contribution in [0.15, 0.2) is 0 Å². The van der Waals surface area contributed by atoms with Gasteiger partial charge in [0.15, 0.2) is 0 Å². The third kappa shape index (κ3) is 4.33. The standard InChI is InChI=1S/C11H23N7/c1-5-6-7-8(2)13-9-14-10(17-12)16-11(15-9)18(3)4/h8H,5-7,12H2,1-4H3,(H2,13,14,15,16,17). The zero-order valence-corrected chi connectivity index (χ0v) is 11.6. The van der Waals surface area contributed by atoms with Gasteiger partial charge in [0.2, 0.25) is 17.8 Å². The van der Waals surface area contributed by atoms with E-state index >= 15 is 0 Å². The summed E-state index contributed by atoms with van der Waals surface area (Å²) in [6.45, 7) is 4.29. The van der Waals surface area contributed by atoms with Crippen LogP contribution in [0.5, 0.6) is 0 Å². The lowest BCUT2D eigenvalue weighted by Crippen LogP contribution is -2.22. The van der Waals surface area contributed by atoms with Crippen LogP contribution in [0, 0.1) is 0 Å². The zero-order chi connectivity index (χ0) is 13.5. The molecular formula is C11H23N7. The predicted molar refractivity (Wildman–Crippen MR) is 74.6 cm³/mol. The molecule has 18 heavy (non-hydrogen) atoms. The number of aromatic nitrogens is 3. The summed E-state index contributed by atoms with van der Waals surface area (Å²) in [6.07, 6.45) is 3.45. The summed E-state index contributed by atoms with van der Waals surface area (Å²) in [6, 6.07) is 0.327. The Bertz CT molecular complexity index is 366. The molecule has 0 saturated heterocycles.